The van der Waals surface area contributed by atoms with E-state index in [4.69, 9.17) is 0 Å². The van der Waals surface area contributed by atoms with Gasteiger partial charge in [0.2, 0.25) is 5.88 Å². The van der Waals surface area contributed by atoms with Crippen molar-refractivity contribution >= 4 is 6.29 Å². The maximum absolute atomic E-state index is 12.3. The number of aldehydes is 1. The normalized spacial score (nSPS) is 12.3. The van der Waals surface area contributed by atoms with Crippen LogP contribution in [0, 0.1) is 0 Å². The highest BCUT2D eigenvalue weighted by atomic mass is 19.4. The van der Waals surface area contributed by atoms with Crippen LogP contribution in [-0.4, -0.2) is 17.6 Å². The summed E-state index contributed by atoms with van der Waals surface area (Å²) in [6, 6.07) is -0.0384. The number of ether oxygens (including phenoxy) is 1. The van der Waals surface area contributed by atoms with Gasteiger partial charge < -0.3 is 9.72 Å². The van der Waals surface area contributed by atoms with Crippen LogP contribution in [0.1, 0.15) is 16.1 Å². The summed E-state index contributed by atoms with van der Waals surface area (Å²) < 4.78 is 75.5. The Kier molecular flexibility index (Phi) is 3.40. The fraction of sp³-hybridized carbons (Fsp3) is 0.250. The van der Waals surface area contributed by atoms with Gasteiger partial charge in [-0.3, -0.25) is 9.59 Å². The lowest BCUT2D eigenvalue weighted by atomic mass is 10.2. The number of rotatable bonds is 2. The van der Waals surface area contributed by atoms with Crippen LogP contribution in [0.5, 0.6) is 5.88 Å². The lowest BCUT2D eigenvalue weighted by molar-refractivity contribution is -0.276. The molecule has 0 amide bonds. The Morgan fingerprint density at radius 2 is 1.72 bits per heavy atom. The molecule has 1 aromatic rings. The van der Waals surface area contributed by atoms with E-state index in [-0.39, 0.29) is 6.07 Å². The lowest BCUT2D eigenvalue weighted by Gasteiger charge is -2.12. The van der Waals surface area contributed by atoms with Gasteiger partial charge in [-0.25, -0.2) is 0 Å². The molecule has 0 atom stereocenters. The smallest absolute Gasteiger partial charge is 0.390 e. The minimum absolute atomic E-state index is 0.0384. The van der Waals surface area contributed by atoms with Gasteiger partial charge in [0.25, 0.3) is 0 Å². The fourth-order valence-electron chi connectivity index (χ4n) is 1.12. The second-order valence-electron chi connectivity index (χ2n) is 2.95. The van der Waals surface area contributed by atoms with E-state index in [2.05, 4.69) is 4.74 Å². The predicted molar refractivity (Wildman–Crippen MR) is 44.1 cm³/mol. The van der Waals surface area contributed by atoms with E-state index in [1.54, 1.807) is 0 Å². The zero-order valence-electron chi connectivity index (χ0n) is 8.15. The van der Waals surface area contributed by atoms with E-state index in [0.717, 1.165) is 0 Å². The minimum atomic E-state index is -5.21. The number of aromatic amines is 1. The summed E-state index contributed by atoms with van der Waals surface area (Å²) in [6.45, 7) is 0. The van der Waals surface area contributed by atoms with Gasteiger partial charge in [-0.05, 0) is 0 Å². The molecule has 0 fully saturated rings. The summed E-state index contributed by atoms with van der Waals surface area (Å²) in [5.74, 6) is -1.30. The van der Waals surface area contributed by atoms with E-state index in [0.29, 0.717) is 0 Å². The third-order valence-electron chi connectivity index (χ3n) is 1.66. The Hall–Kier alpha value is -2.00. The second-order valence-corrected chi connectivity index (χ2v) is 2.95. The first-order valence-electron chi connectivity index (χ1n) is 4.10. The van der Waals surface area contributed by atoms with Crippen LogP contribution < -0.4 is 10.2 Å². The predicted octanol–water partition coefficient (Wildman–Crippen LogP) is 2.10. The average molecular weight is 275 g/mol. The van der Waals surface area contributed by atoms with E-state index in [1.165, 1.54) is 4.98 Å². The van der Waals surface area contributed by atoms with Crippen molar-refractivity contribution in [2.75, 3.05) is 0 Å². The molecule has 1 aromatic heterocycles. The van der Waals surface area contributed by atoms with Crippen LogP contribution in [0.25, 0.3) is 0 Å². The standard InChI is InChI=1S/C8H3F6NO3/c9-7(10,11)6-3(2-16)15-5(1-4(6)17)18-8(12,13)14/h1-2H,(H,15,17). The number of aromatic nitrogens is 1. The van der Waals surface area contributed by atoms with Crippen LogP contribution in [0.3, 0.4) is 0 Å². The van der Waals surface area contributed by atoms with Crippen molar-refractivity contribution in [3.05, 3.63) is 27.5 Å². The molecule has 0 aliphatic rings. The van der Waals surface area contributed by atoms with E-state index in [1.807, 2.05) is 0 Å². The molecule has 10 heteroatoms. The van der Waals surface area contributed by atoms with Crippen LogP contribution in [-0.2, 0) is 6.18 Å². The van der Waals surface area contributed by atoms with Gasteiger partial charge >= 0.3 is 12.5 Å². The van der Waals surface area contributed by atoms with Crippen LogP contribution in [0.4, 0.5) is 26.3 Å². The van der Waals surface area contributed by atoms with Crippen LogP contribution in [0.15, 0.2) is 10.9 Å². The summed E-state index contributed by atoms with van der Waals surface area (Å²) in [4.78, 5) is 22.8. The number of hydrogen-bond donors (Lipinski definition) is 1. The van der Waals surface area contributed by atoms with Crippen molar-refractivity contribution in [1.29, 1.82) is 0 Å². The molecular weight excluding hydrogens is 272 g/mol. The first kappa shape index (κ1) is 14.1. The lowest BCUT2D eigenvalue weighted by Crippen LogP contribution is -2.25. The average Bonchev–Trinajstić information content (AvgIpc) is 2.11. The maximum atomic E-state index is 12.3. The van der Waals surface area contributed by atoms with Crippen molar-refractivity contribution in [2.24, 2.45) is 0 Å². The third kappa shape index (κ3) is 3.25. The summed E-state index contributed by atoms with van der Waals surface area (Å²) in [5, 5.41) is 0. The zero-order valence-corrected chi connectivity index (χ0v) is 8.15. The molecule has 0 aromatic carbocycles. The fourth-order valence-corrected chi connectivity index (χ4v) is 1.12. The maximum Gasteiger partial charge on any atom is 0.574 e. The molecule has 0 radical (unpaired) electrons. The van der Waals surface area contributed by atoms with Gasteiger partial charge in [-0.1, -0.05) is 0 Å². The first-order valence-corrected chi connectivity index (χ1v) is 4.10. The van der Waals surface area contributed by atoms with Gasteiger partial charge in [0, 0.05) is 6.07 Å². The summed E-state index contributed by atoms with van der Waals surface area (Å²) in [5.41, 5.74) is -5.02. The summed E-state index contributed by atoms with van der Waals surface area (Å²) in [6.07, 6.45) is -10.8. The Labute approximate surface area is 94.2 Å². The van der Waals surface area contributed by atoms with Gasteiger partial charge in [-0.15, -0.1) is 13.2 Å². The third-order valence-corrected chi connectivity index (χ3v) is 1.66. The van der Waals surface area contributed by atoms with Crippen LogP contribution in [0.2, 0.25) is 0 Å². The first-order chi connectivity index (χ1) is 8.04. The molecule has 4 nitrogen and oxygen atoms in total. The number of pyridine rings is 1. The van der Waals surface area contributed by atoms with Gasteiger partial charge in [0.15, 0.2) is 11.7 Å². The molecule has 0 saturated carbocycles. The second kappa shape index (κ2) is 4.35. The van der Waals surface area contributed by atoms with Gasteiger partial charge in [0.05, 0.1) is 5.69 Å². The molecular formula is C8H3F6NO3. The Morgan fingerprint density at radius 1 is 1.17 bits per heavy atom. The Bertz CT molecular complexity index is 515. The minimum Gasteiger partial charge on any atom is -0.390 e. The summed E-state index contributed by atoms with van der Waals surface area (Å²) >= 11 is 0. The number of carbonyl (C=O) groups excluding carboxylic acids is 1. The van der Waals surface area contributed by atoms with Crippen LogP contribution >= 0.6 is 0 Å². The monoisotopic (exact) mass is 275 g/mol. The van der Waals surface area contributed by atoms with E-state index in [9.17, 15) is 35.9 Å². The SMILES string of the molecule is O=Cc1[nH]c(OC(F)(F)F)cc(=O)c1C(F)(F)F. The molecule has 0 unspecified atom stereocenters. The molecule has 0 aliphatic heterocycles. The van der Waals surface area contributed by atoms with Crippen molar-refractivity contribution < 1.29 is 35.9 Å². The van der Waals surface area contributed by atoms with Crippen molar-refractivity contribution in [2.45, 2.75) is 12.5 Å². The van der Waals surface area contributed by atoms with Gasteiger partial charge in [-0.2, -0.15) is 13.2 Å². The largest absolute Gasteiger partial charge is 0.574 e. The van der Waals surface area contributed by atoms with Crippen molar-refractivity contribution in [1.82, 2.24) is 4.98 Å². The molecule has 0 spiro atoms. The Balaban J connectivity index is 3.37. The van der Waals surface area contributed by atoms with E-state index < -0.39 is 41.4 Å². The molecule has 0 bridgehead atoms. The highest BCUT2D eigenvalue weighted by Crippen LogP contribution is 2.29. The molecule has 1 rings (SSSR count). The number of H-pyrrole nitrogens is 1. The quantitative estimate of drug-likeness (QED) is 0.664. The highest BCUT2D eigenvalue weighted by molar-refractivity contribution is 5.74. The summed E-state index contributed by atoms with van der Waals surface area (Å²) in [7, 11) is 0. The van der Waals surface area contributed by atoms with E-state index >= 15 is 0 Å². The number of halogens is 6. The zero-order chi connectivity index (χ0) is 14.1. The van der Waals surface area contributed by atoms with Crippen molar-refractivity contribution in [3.8, 4) is 5.88 Å². The molecule has 18 heavy (non-hydrogen) atoms. The van der Waals surface area contributed by atoms with Gasteiger partial charge in [0.1, 0.15) is 5.56 Å². The molecule has 1 heterocycles. The van der Waals surface area contributed by atoms with Crippen molar-refractivity contribution in [3.63, 3.8) is 0 Å². The Morgan fingerprint density at radius 3 is 2.11 bits per heavy atom. The number of nitrogens with one attached hydrogen (secondary N) is 1. The highest BCUT2D eigenvalue weighted by Gasteiger charge is 2.38. The molecule has 1 N–H and O–H groups in total. The number of hydrogen-bond acceptors (Lipinski definition) is 3. The molecule has 100 valence electrons. The number of alkyl halides is 6. The molecule has 0 saturated heterocycles. The topological polar surface area (TPSA) is 59.2 Å². The molecule has 0 aliphatic carbocycles. The number of carbonyl (C=O) groups is 1.